The van der Waals surface area contributed by atoms with E-state index in [0.717, 1.165) is 18.5 Å². The zero-order valence-corrected chi connectivity index (χ0v) is 19.6. The summed E-state index contributed by atoms with van der Waals surface area (Å²) in [6.45, 7) is 3.93. The van der Waals surface area contributed by atoms with Gasteiger partial charge in [-0.05, 0) is 76.0 Å². The van der Waals surface area contributed by atoms with Crippen LogP contribution < -0.4 is 24.4 Å². The van der Waals surface area contributed by atoms with Gasteiger partial charge in [-0.15, -0.1) is 0 Å². The summed E-state index contributed by atoms with van der Waals surface area (Å²) in [7, 11) is 5.58. The molecule has 2 aromatic rings. The first-order valence-electron chi connectivity index (χ1n) is 10.9. The van der Waals surface area contributed by atoms with Gasteiger partial charge in [-0.2, -0.15) is 0 Å². The summed E-state index contributed by atoms with van der Waals surface area (Å²) in [5.74, 6) is 1.52. The fraction of sp³-hybridized carbons (Fsp3) is 0.360. The molecule has 0 atom stereocenters. The first-order chi connectivity index (χ1) is 15.9. The Morgan fingerprint density at radius 3 is 2.76 bits per heavy atom. The van der Waals surface area contributed by atoms with Gasteiger partial charge in [0.25, 0.3) is 5.91 Å². The van der Waals surface area contributed by atoms with Crippen molar-refractivity contribution in [3.8, 4) is 17.2 Å². The molecule has 0 bridgehead atoms. The number of hydrogen-bond donors (Lipinski definition) is 1. The maximum absolute atomic E-state index is 12.5. The van der Waals surface area contributed by atoms with Crippen LogP contribution in [0.25, 0.3) is 6.08 Å². The number of hydrogen-bond acceptors (Lipinski definition) is 6. The number of carbonyl (C=O) groups is 2. The standard InChI is InChI=1S/C25H31N3O5/c1-5-32-22-10-7-18(15-23(22)31-4)8-12-24(29)26-19-9-11-21-20(16-19)28(25(30)17-33-21)14-6-13-27(2)3/h7-12,15-16H,5-6,13-14,17H2,1-4H3,(H,26,29)/b12-8+. The monoisotopic (exact) mass is 453 g/mol. The lowest BCUT2D eigenvalue weighted by molar-refractivity contribution is -0.121. The molecule has 0 radical (unpaired) electrons. The fourth-order valence-electron chi connectivity index (χ4n) is 3.49. The molecule has 0 saturated heterocycles. The number of fused-ring (bicyclic) bond motifs is 1. The average molecular weight is 454 g/mol. The van der Waals surface area contributed by atoms with E-state index in [9.17, 15) is 9.59 Å². The van der Waals surface area contributed by atoms with E-state index >= 15 is 0 Å². The Bertz CT molecular complexity index is 1020. The van der Waals surface area contributed by atoms with E-state index in [2.05, 4.69) is 10.2 Å². The van der Waals surface area contributed by atoms with Crippen molar-refractivity contribution in [1.29, 1.82) is 0 Å². The van der Waals surface area contributed by atoms with Crippen molar-refractivity contribution in [3.63, 3.8) is 0 Å². The Kier molecular flexibility index (Phi) is 8.32. The molecular formula is C25H31N3O5. The van der Waals surface area contributed by atoms with E-state index in [-0.39, 0.29) is 18.4 Å². The van der Waals surface area contributed by atoms with Crippen LogP contribution in [0.15, 0.2) is 42.5 Å². The molecule has 0 fully saturated rings. The van der Waals surface area contributed by atoms with Crippen molar-refractivity contribution in [1.82, 2.24) is 4.90 Å². The molecule has 3 rings (SSSR count). The van der Waals surface area contributed by atoms with Gasteiger partial charge in [0, 0.05) is 18.3 Å². The maximum atomic E-state index is 12.5. The molecular weight excluding hydrogens is 422 g/mol. The van der Waals surface area contributed by atoms with Crippen LogP contribution in [0.2, 0.25) is 0 Å². The van der Waals surface area contributed by atoms with Crippen molar-refractivity contribution in [3.05, 3.63) is 48.0 Å². The van der Waals surface area contributed by atoms with Crippen molar-refractivity contribution >= 4 is 29.3 Å². The van der Waals surface area contributed by atoms with Crippen molar-refractivity contribution in [2.45, 2.75) is 13.3 Å². The molecule has 0 unspecified atom stereocenters. The van der Waals surface area contributed by atoms with E-state index in [0.29, 0.717) is 41.8 Å². The second-order valence-corrected chi connectivity index (χ2v) is 7.84. The highest BCUT2D eigenvalue weighted by atomic mass is 16.5. The molecule has 1 heterocycles. The van der Waals surface area contributed by atoms with Crippen LogP contribution >= 0.6 is 0 Å². The number of nitrogens with one attached hydrogen (secondary N) is 1. The number of benzene rings is 2. The quantitative estimate of drug-likeness (QED) is 0.556. The number of carbonyl (C=O) groups excluding carboxylic acids is 2. The Labute approximate surface area is 194 Å². The number of rotatable bonds is 10. The molecule has 0 spiro atoms. The molecule has 1 aliphatic rings. The summed E-state index contributed by atoms with van der Waals surface area (Å²) in [6, 6.07) is 10.8. The lowest BCUT2D eigenvalue weighted by Crippen LogP contribution is -2.40. The van der Waals surface area contributed by atoms with Gasteiger partial charge in [-0.25, -0.2) is 0 Å². The highest BCUT2D eigenvalue weighted by Gasteiger charge is 2.25. The zero-order valence-electron chi connectivity index (χ0n) is 19.6. The molecule has 2 amide bonds. The molecule has 33 heavy (non-hydrogen) atoms. The van der Waals surface area contributed by atoms with Crippen molar-refractivity contribution < 1.29 is 23.8 Å². The topological polar surface area (TPSA) is 80.3 Å². The first-order valence-corrected chi connectivity index (χ1v) is 10.9. The van der Waals surface area contributed by atoms with E-state index in [4.69, 9.17) is 14.2 Å². The van der Waals surface area contributed by atoms with Crippen LogP contribution in [0.1, 0.15) is 18.9 Å². The summed E-state index contributed by atoms with van der Waals surface area (Å²) >= 11 is 0. The third kappa shape index (κ3) is 6.49. The predicted octanol–water partition coefficient (Wildman–Crippen LogP) is 3.42. The fourth-order valence-corrected chi connectivity index (χ4v) is 3.49. The third-order valence-corrected chi connectivity index (χ3v) is 5.07. The summed E-state index contributed by atoms with van der Waals surface area (Å²) in [5, 5.41) is 2.85. The molecule has 2 aromatic carbocycles. The Morgan fingerprint density at radius 2 is 2.03 bits per heavy atom. The summed E-state index contributed by atoms with van der Waals surface area (Å²) in [6.07, 6.45) is 3.99. The SMILES string of the molecule is CCOc1ccc(/C=C/C(=O)Nc2ccc3c(c2)N(CCCN(C)C)C(=O)CO3)cc1OC. The van der Waals surface area contributed by atoms with Crippen molar-refractivity contribution in [2.24, 2.45) is 0 Å². The third-order valence-electron chi connectivity index (χ3n) is 5.07. The Balaban J connectivity index is 1.69. The van der Waals surface area contributed by atoms with Crippen LogP contribution in [-0.4, -0.2) is 64.2 Å². The van der Waals surface area contributed by atoms with Gasteiger partial charge in [0.1, 0.15) is 5.75 Å². The van der Waals surface area contributed by atoms with Crippen LogP contribution in [0.5, 0.6) is 17.2 Å². The van der Waals surface area contributed by atoms with Crippen LogP contribution in [-0.2, 0) is 9.59 Å². The van der Waals surface area contributed by atoms with Crippen LogP contribution in [0.4, 0.5) is 11.4 Å². The minimum absolute atomic E-state index is 0.0228. The summed E-state index contributed by atoms with van der Waals surface area (Å²) in [4.78, 5) is 28.7. The Morgan fingerprint density at radius 1 is 1.21 bits per heavy atom. The number of ether oxygens (including phenoxy) is 3. The van der Waals surface area contributed by atoms with E-state index in [1.807, 2.05) is 39.2 Å². The van der Waals surface area contributed by atoms with Gasteiger partial charge in [-0.1, -0.05) is 6.07 Å². The van der Waals surface area contributed by atoms with E-state index in [1.165, 1.54) is 6.08 Å². The normalized spacial score (nSPS) is 13.1. The molecule has 0 aliphatic carbocycles. The molecule has 0 aromatic heterocycles. The van der Waals surface area contributed by atoms with Gasteiger partial charge < -0.3 is 29.3 Å². The van der Waals surface area contributed by atoms with Gasteiger partial charge >= 0.3 is 0 Å². The number of amides is 2. The predicted molar refractivity (Wildman–Crippen MR) is 129 cm³/mol. The Hall–Kier alpha value is -3.52. The van der Waals surface area contributed by atoms with Gasteiger partial charge in [0.05, 0.1) is 19.4 Å². The lowest BCUT2D eigenvalue weighted by atomic mass is 10.1. The largest absolute Gasteiger partial charge is 0.493 e. The molecule has 176 valence electrons. The van der Waals surface area contributed by atoms with E-state index in [1.54, 1.807) is 36.3 Å². The van der Waals surface area contributed by atoms with Gasteiger partial charge in [0.15, 0.2) is 18.1 Å². The average Bonchev–Trinajstić information content (AvgIpc) is 2.80. The summed E-state index contributed by atoms with van der Waals surface area (Å²) in [5.41, 5.74) is 2.06. The summed E-state index contributed by atoms with van der Waals surface area (Å²) < 4.78 is 16.4. The van der Waals surface area contributed by atoms with Gasteiger partial charge in [0.2, 0.25) is 5.91 Å². The second kappa shape index (κ2) is 11.4. The second-order valence-electron chi connectivity index (χ2n) is 7.84. The highest BCUT2D eigenvalue weighted by molar-refractivity contribution is 6.03. The maximum Gasteiger partial charge on any atom is 0.265 e. The molecule has 1 aliphatic heterocycles. The zero-order chi connectivity index (χ0) is 23.8. The number of methoxy groups -OCH3 is 1. The molecule has 0 saturated carbocycles. The molecule has 1 N–H and O–H groups in total. The molecule has 8 heteroatoms. The smallest absolute Gasteiger partial charge is 0.265 e. The highest BCUT2D eigenvalue weighted by Crippen LogP contribution is 2.35. The lowest BCUT2D eigenvalue weighted by Gasteiger charge is -2.30. The van der Waals surface area contributed by atoms with E-state index < -0.39 is 0 Å². The van der Waals surface area contributed by atoms with Crippen LogP contribution in [0.3, 0.4) is 0 Å². The minimum atomic E-state index is -0.287. The molecule has 8 nitrogen and oxygen atoms in total. The number of nitrogens with zero attached hydrogens (tertiary/aromatic N) is 2. The van der Waals surface area contributed by atoms with Gasteiger partial charge in [-0.3, -0.25) is 9.59 Å². The number of anilines is 2. The minimum Gasteiger partial charge on any atom is -0.493 e. The van der Waals surface area contributed by atoms with Crippen LogP contribution in [0, 0.1) is 0 Å². The first kappa shape index (κ1) is 24.1. The van der Waals surface area contributed by atoms with Crippen molar-refractivity contribution in [2.75, 3.05) is 57.7 Å².